The second-order valence-electron chi connectivity index (χ2n) is 9.80. The molecule has 0 radical (unpaired) electrons. The number of benzene rings is 2. The van der Waals surface area contributed by atoms with Gasteiger partial charge in [0.05, 0.1) is 11.8 Å². The van der Waals surface area contributed by atoms with Gasteiger partial charge in [-0.2, -0.15) is 0 Å². The number of fused-ring (bicyclic) bond motifs is 6. The molecular weight excluding hydrogens is 420 g/mol. The van der Waals surface area contributed by atoms with Crippen molar-refractivity contribution in [2.24, 2.45) is 29.6 Å². The number of nitrogens with one attached hydrogen (secondary N) is 1. The van der Waals surface area contributed by atoms with Gasteiger partial charge in [0, 0.05) is 11.1 Å². The molecule has 1 aliphatic heterocycles. The number of nitrogens with zero attached hydrogens (tertiary/aromatic N) is 1. The highest BCUT2D eigenvalue weighted by molar-refractivity contribution is 6.09. The van der Waals surface area contributed by atoms with Crippen molar-refractivity contribution in [1.82, 2.24) is 4.90 Å². The Morgan fingerprint density at radius 3 is 2.30 bits per heavy atom. The standard InChI is InChI=1S/C26H28N2O5/c1-14(2)23(28-24(30)21-16-10-11-17(12-16)22(21)25(28)31)26(32)33-13-20(29)27-19-9-5-7-15-6-3-4-8-18(15)19/h3-9,14,16-17,21-23H,10-13H2,1-2H3,(H,27,29)/t16-,17-,21-,22+,23+/m0/s1. The van der Waals surface area contributed by atoms with Crippen molar-refractivity contribution in [1.29, 1.82) is 0 Å². The fourth-order valence-corrected chi connectivity index (χ4v) is 6.12. The van der Waals surface area contributed by atoms with Crippen molar-refractivity contribution in [2.45, 2.75) is 39.2 Å². The number of rotatable bonds is 6. The van der Waals surface area contributed by atoms with Gasteiger partial charge in [-0.1, -0.05) is 50.2 Å². The topological polar surface area (TPSA) is 92.8 Å². The molecule has 172 valence electrons. The van der Waals surface area contributed by atoms with Crippen LogP contribution in [0.1, 0.15) is 33.1 Å². The molecule has 3 amide bonds. The number of ether oxygens (including phenoxy) is 1. The van der Waals surface area contributed by atoms with Crippen LogP contribution in [0.5, 0.6) is 0 Å². The molecule has 1 heterocycles. The van der Waals surface area contributed by atoms with Crippen LogP contribution in [0.15, 0.2) is 42.5 Å². The Bertz CT molecular complexity index is 1110. The second kappa shape index (κ2) is 8.28. The molecule has 5 atom stereocenters. The van der Waals surface area contributed by atoms with E-state index in [1.54, 1.807) is 19.9 Å². The number of hydrogen-bond acceptors (Lipinski definition) is 5. The van der Waals surface area contributed by atoms with Crippen molar-refractivity contribution in [3.05, 3.63) is 42.5 Å². The Hall–Kier alpha value is -3.22. The highest BCUT2D eigenvalue weighted by atomic mass is 16.5. The number of anilines is 1. The van der Waals surface area contributed by atoms with Crippen LogP contribution in [0, 0.1) is 29.6 Å². The first-order chi connectivity index (χ1) is 15.9. The summed E-state index contributed by atoms with van der Waals surface area (Å²) in [5.41, 5.74) is 0.628. The summed E-state index contributed by atoms with van der Waals surface area (Å²) in [7, 11) is 0. The monoisotopic (exact) mass is 448 g/mol. The highest BCUT2D eigenvalue weighted by Gasteiger charge is 2.62. The van der Waals surface area contributed by atoms with E-state index in [2.05, 4.69) is 5.32 Å². The molecule has 2 bridgehead atoms. The van der Waals surface area contributed by atoms with E-state index in [-0.39, 0.29) is 41.4 Å². The lowest BCUT2D eigenvalue weighted by Gasteiger charge is -2.28. The smallest absolute Gasteiger partial charge is 0.330 e. The first kappa shape index (κ1) is 21.6. The van der Waals surface area contributed by atoms with E-state index >= 15 is 0 Å². The molecule has 2 aromatic carbocycles. The maximum atomic E-state index is 13.2. The van der Waals surface area contributed by atoms with Gasteiger partial charge in [0.2, 0.25) is 11.8 Å². The van der Waals surface area contributed by atoms with Crippen LogP contribution in [0.2, 0.25) is 0 Å². The number of hydrogen-bond donors (Lipinski definition) is 1. The fourth-order valence-electron chi connectivity index (χ4n) is 6.12. The number of imide groups is 1. The molecule has 2 aromatic rings. The van der Waals surface area contributed by atoms with E-state index in [1.165, 1.54) is 0 Å². The number of likely N-dealkylation sites (tertiary alicyclic amines) is 1. The zero-order chi connectivity index (χ0) is 23.3. The molecule has 0 aromatic heterocycles. The molecule has 2 saturated carbocycles. The van der Waals surface area contributed by atoms with E-state index in [4.69, 9.17) is 4.74 Å². The summed E-state index contributed by atoms with van der Waals surface area (Å²) in [6, 6.07) is 12.2. The van der Waals surface area contributed by atoms with Crippen molar-refractivity contribution in [3.8, 4) is 0 Å². The highest BCUT2D eigenvalue weighted by Crippen LogP contribution is 2.56. The number of amides is 3. The molecule has 1 N–H and O–H groups in total. The Morgan fingerprint density at radius 1 is 1.00 bits per heavy atom. The average molecular weight is 449 g/mol. The van der Waals surface area contributed by atoms with Crippen molar-refractivity contribution in [3.63, 3.8) is 0 Å². The molecule has 3 aliphatic rings. The summed E-state index contributed by atoms with van der Waals surface area (Å²) in [6.07, 6.45) is 2.89. The fraction of sp³-hybridized carbons (Fsp3) is 0.462. The third-order valence-corrected chi connectivity index (χ3v) is 7.52. The van der Waals surface area contributed by atoms with Gasteiger partial charge < -0.3 is 10.1 Å². The third-order valence-electron chi connectivity index (χ3n) is 7.52. The molecular formula is C26H28N2O5. The van der Waals surface area contributed by atoms with Gasteiger partial charge in [-0.15, -0.1) is 0 Å². The van der Waals surface area contributed by atoms with E-state index in [0.29, 0.717) is 5.69 Å². The van der Waals surface area contributed by atoms with Crippen molar-refractivity contribution < 1.29 is 23.9 Å². The molecule has 1 saturated heterocycles. The van der Waals surface area contributed by atoms with E-state index in [1.807, 2.05) is 36.4 Å². The van der Waals surface area contributed by atoms with Gasteiger partial charge in [-0.3, -0.25) is 19.3 Å². The molecule has 7 heteroatoms. The van der Waals surface area contributed by atoms with Gasteiger partial charge in [-0.05, 0) is 48.5 Å². The normalized spacial score (nSPS) is 26.7. The lowest BCUT2D eigenvalue weighted by atomic mass is 9.81. The number of esters is 1. The minimum Gasteiger partial charge on any atom is -0.454 e. The molecule has 33 heavy (non-hydrogen) atoms. The van der Waals surface area contributed by atoms with Gasteiger partial charge in [-0.25, -0.2) is 4.79 Å². The van der Waals surface area contributed by atoms with Crippen LogP contribution in [0.4, 0.5) is 5.69 Å². The second-order valence-corrected chi connectivity index (χ2v) is 9.80. The predicted molar refractivity (Wildman–Crippen MR) is 122 cm³/mol. The summed E-state index contributed by atoms with van der Waals surface area (Å²) < 4.78 is 5.31. The van der Waals surface area contributed by atoms with Crippen molar-refractivity contribution >= 4 is 40.2 Å². The summed E-state index contributed by atoms with van der Waals surface area (Å²) in [5.74, 6) is -2.08. The van der Waals surface area contributed by atoms with Crippen LogP contribution in [-0.2, 0) is 23.9 Å². The summed E-state index contributed by atoms with van der Waals surface area (Å²) in [4.78, 5) is 53.0. The zero-order valence-corrected chi connectivity index (χ0v) is 18.8. The number of carbonyl (C=O) groups excluding carboxylic acids is 4. The van der Waals surface area contributed by atoms with E-state index in [9.17, 15) is 19.2 Å². The number of carbonyl (C=O) groups is 4. The first-order valence-electron chi connectivity index (χ1n) is 11.7. The van der Waals surface area contributed by atoms with E-state index < -0.39 is 24.5 Å². The quantitative estimate of drug-likeness (QED) is 0.540. The predicted octanol–water partition coefficient (Wildman–Crippen LogP) is 3.38. The van der Waals surface area contributed by atoms with Crippen LogP contribution in [0.3, 0.4) is 0 Å². The van der Waals surface area contributed by atoms with Crippen molar-refractivity contribution in [2.75, 3.05) is 11.9 Å². The van der Waals surface area contributed by atoms with Crippen LogP contribution in [-0.4, -0.2) is 41.2 Å². The lowest BCUT2D eigenvalue weighted by Crippen LogP contribution is -2.50. The molecule has 0 unspecified atom stereocenters. The molecule has 7 nitrogen and oxygen atoms in total. The average Bonchev–Trinajstić information content (AvgIpc) is 3.48. The van der Waals surface area contributed by atoms with Gasteiger partial charge in [0.25, 0.3) is 5.91 Å². The Kier molecular flexibility index (Phi) is 5.43. The third kappa shape index (κ3) is 3.59. The maximum absolute atomic E-state index is 13.2. The van der Waals surface area contributed by atoms with Gasteiger partial charge in [0.1, 0.15) is 6.04 Å². The Morgan fingerprint density at radius 2 is 1.64 bits per heavy atom. The SMILES string of the molecule is CC(C)[C@H](C(=O)OCC(=O)Nc1cccc2ccccc12)N1C(=O)[C@@H]2[C@H]3CC[C@@H](C3)[C@@H]2C1=O. The van der Waals surface area contributed by atoms with Gasteiger partial charge >= 0.3 is 5.97 Å². The van der Waals surface area contributed by atoms with E-state index in [0.717, 1.165) is 34.9 Å². The molecule has 3 fully saturated rings. The molecule has 5 rings (SSSR count). The lowest BCUT2D eigenvalue weighted by molar-refractivity contribution is -0.162. The Labute approximate surface area is 192 Å². The zero-order valence-electron chi connectivity index (χ0n) is 18.8. The maximum Gasteiger partial charge on any atom is 0.330 e. The summed E-state index contributed by atoms with van der Waals surface area (Å²) >= 11 is 0. The minimum atomic E-state index is -1.01. The summed E-state index contributed by atoms with van der Waals surface area (Å²) in [5, 5.41) is 4.65. The summed E-state index contributed by atoms with van der Waals surface area (Å²) in [6.45, 7) is 3.08. The van der Waals surface area contributed by atoms with Crippen LogP contribution < -0.4 is 5.32 Å². The molecule has 2 aliphatic carbocycles. The van der Waals surface area contributed by atoms with Crippen LogP contribution >= 0.6 is 0 Å². The largest absolute Gasteiger partial charge is 0.454 e. The first-order valence-corrected chi connectivity index (χ1v) is 11.7. The van der Waals surface area contributed by atoms with Gasteiger partial charge in [0.15, 0.2) is 6.61 Å². The van der Waals surface area contributed by atoms with Crippen LogP contribution in [0.25, 0.3) is 10.8 Å². The Balaban J connectivity index is 1.26. The minimum absolute atomic E-state index is 0.243. The molecule has 0 spiro atoms.